The largest absolute Gasteiger partial charge is 0.295 e. The van der Waals surface area contributed by atoms with Gasteiger partial charge in [-0.1, -0.05) is 188 Å². The van der Waals surface area contributed by atoms with Crippen LogP contribution in [0.2, 0.25) is 0 Å². The molecule has 0 amide bonds. The maximum atomic E-state index is 5.52. The summed E-state index contributed by atoms with van der Waals surface area (Å²) in [7, 11) is 0. The third kappa shape index (κ3) is 4.28. The number of hydrogen-bond acceptors (Lipinski definition) is 4. The summed E-state index contributed by atoms with van der Waals surface area (Å²) in [6.45, 7) is 0. The maximum Gasteiger partial charge on any atom is 0.164 e. The highest BCUT2D eigenvalue weighted by Crippen LogP contribution is 2.64. The molecule has 15 rings (SSSR count). The molecule has 9 aromatic carbocycles. The highest BCUT2D eigenvalue weighted by atomic mass is 15.1. The van der Waals surface area contributed by atoms with Gasteiger partial charge in [0.15, 0.2) is 17.5 Å². The second kappa shape index (κ2) is 12.6. The van der Waals surface area contributed by atoms with Gasteiger partial charge in [-0.15, -0.1) is 0 Å². The average Bonchev–Trinajstić information content (AvgIpc) is 4.15. The van der Waals surface area contributed by atoms with E-state index in [1.54, 1.807) is 0 Å². The van der Waals surface area contributed by atoms with E-state index in [1.807, 2.05) is 18.2 Å². The predicted molar refractivity (Wildman–Crippen MR) is 258 cm³/mol. The van der Waals surface area contributed by atoms with E-state index in [4.69, 9.17) is 19.9 Å². The molecule has 5 nitrogen and oxygen atoms in total. The molecule has 0 bridgehead atoms. The molecule has 0 radical (unpaired) electrons. The minimum absolute atomic E-state index is 0.487. The zero-order chi connectivity index (χ0) is 42.4. The number of aromatic nitrogens is 5. The van der Waals surface area contributed by atoms with Crippen molar-refractivity contribution >= 4 is 11.0 Å². The Labute approximate surface area is 375 Å². The second-order valence-electron chi connectivity index (χ2n) is 17.6. The molecule has 1 atom stereocenters. The van der Waals surface area contributed by atoms with Crippen LogP contribution in [0.4, 0.5) is 0 Å². The summed E-state index contributed by atoms with van der Waals surface area (Å²) >= 11 is 0. The van der Waals surface area contributed by atoms with Gasteiger partial charge in [0.2, 0.25) is 0 Å². The normalized spacial score (nSPS) is 15.9. The summed E-state index contributed by atoms with van der Waals surface area (Å²) in [5.41, 5.74) is 21.1. The summed E-state index contributed by atoms with van der Waals surface area (Å²) in [4.78, 5) is 21.7. The number of nitrogens with zero attached hydrogens (tertiary/aromatic N) is 5. The summed E-state index contributed by atoms with van der Waals surface area (Å²) in [5, 5.41) is 0. The van der Waals surface area contributed by atoms with Gasteiger partial charge in [-0.05, 0) is 96.6 Å². The van der Waals surface area contributed by atoms with Crippen LogP contribution in [0.15, 0.2) is 212 Å². The van der Waals surface area contributed by atoms with E-state index < -0.39 is 10.8 Å². The molecule has 0 saturated heterocycles. The van der Waals surface area contributed by atoms with Crippen LogP contribution in [-0.4, -0.2) is 24.5 Å². The Bertz CT molecular complexity index is 3800. The first kappa shape index (κ1) is 35.0. The lowest BCUT2D eigenvalue weighted by Crippen LogP contribution is -2.27. The molecule has 11 aromatic rings. The van der Waals surface area contributed by atoms with Gasteiger partial charge < -0.3 is 0 Å². The van der Waals surface area contributed by atoms with Crippen molar-refractivity contribution in [3.63, 3.8) is 0 Å². The third-order valence-electron chi connectivity index (χ3n) is 14.7. The van der Waals surface area contributed by atoms with E-state index in [1.165, 1.54) is 61.2 Å². The number of para-hydroxylation sites is 3. The van der Waals surface area contributed by atoms with Gasteiger partial charge in [0, 0.05) is 16.7 Å². The Morgan fingerprint density at radius 1 is 0.308 bits per heavy atom. The number of fused-ring (bicyclic) bond motifs is 22. The Balaban J connectivity index is 0.989. The number of imidazole rings is 1. The Kier molecular flexibility index (Phi) is 6.76. The van der Waals surface area contributed by atoms with Crippen LogP contribution in [0, 0.1) is 0 Å². The van der Waals surface area contributed by atoms with E-state index in [0.29, 0.717) is 17.5 Å². The smallest absolute Gasteiger partial charge is 0.164 e. The second-order valence-corrected chi connectivity index (χ2v) is 17.6. The predicted octanol–water partition coefficient (Wildman–Crippen LogP) is 13.2. The zero-order valence-electron chi connectivity index (χ0n) is 34.9. The molecule has 300 valence electrons. The molecule has 2 spiro atoms. The highest BCUT2D eigenvalue weighted by molar-refractivity contribution is 5.98. The quantitative estimate of drug-likeness (QED) is 0.178. The lowest BCUT2D eigenvalue weighted by molar-refractivity contribution is 0.738. The van der Waals surface area contributed by atoms with Crippen molar-refractivity contribution in [2.45, 2.75) is 10.8 Å². The molecule has 65 heavy (non-hydrogen) atoms. The number of benzene rings is 9. The van der Waals surface area contributed by atoms with Crippen LogP contribution < -0.4 is 0 Å². The van der Waals surface area contributed by atoms with Gasteiger partial charge in [-0.3, -0.25) is 4.57 Å². The molecule has 5 heteroatoms. The number of hydrogen-bond donors (Lipinski definition) is 0. The first-order valence-electron chi connectivity index (χ1n) is 22.3. The Morgan fingerprint density at radius 2 is 0.815 bits per heavy atom. The summed E-state index contributed by atoms with van der Waals surface area (Å²) in [5.74, 6) is 2.90. The molecule has 1 aliphatic heterocycles. The van der Waals surface area contributed by atoms with E-state index >= 15 is 0 Å². The van der Waals surface area contributed by atoms with Crippen molar-refractivity contribution in [1.82, 2.24) is 24.5 Å². The van der Waals surface area contributed by atoms with Crippen LogP contribution in [0.25, 0.3) is 84.3 Å². The van der Waals surface area contributed by atoms with Gasteiger partial charge in [0.25, 0.3) is 0 Å². The van der Waals surface area contributed by atoms with Crippen molar-refractivity contribution in [2.24, 2.45) is 0 Å². The van der Waals surface area contributed by atoms with Gasteiger partial charge in [0.05, 0.1) is 22.1 Å². The van der Waals surface area contributed by atoms with E-state index in [9.17, 15) is 0 Å². The first-order chi connectivity index (χ1) is 32.2. The molecule has 3 aliphatic carbocycles. The molecule has 3 heterocycles. The summed E-state index contributed by atoms with van der Waals surface area (Å²) in [6.07, 6.45) is 0. The van der Waals surface area contributed by atoms with Crippen molar-refractivity contribution in [3.05, 3.63) is 257 Å². The van der Waals surface area contributed by atoms with Crippen molar-refractivity contribution < 1.29 is 0 Å². The molecular formula is C60H35N5. The standard InChI is InChI=1S/C60H35N5/c1-2-17-36(18-3-1)55-62-56(37-33-34-41-40-21-6-10-26-46(40)59(50(41)35-37)44-24-8-4-19-38(44)39-20-5-9-25-45(39)59)64-57(63-55)43-23-16-29-49-54(43)42-22-7-11-27-47(42)60(49)48-28-12-14-31-52(48)65-53-32-15-13-30-51(53)61-58(60)65/h1-35H. The minimum atomic E-state index is -0.646. The van der Waals surface area contributed by atoms with E-state index in [0.717, 1.165) is 50.4 Å². The zero-order valence-corrected chi connectivity index (χ0v) is 34.9. The molecule has 0 saturated carbocycles. The lowest BCUT2D eigenvalue weighted by atomic mass is 9.70. The summed E-state index contributed by atoms with van der Waals surface area (Å²) < 4.78 is 2.37. The first-order valence-corrected chi connectivity index (χ1v) is 22.3. The summed E-state index contributed by atoms with van der Waals surface area (Å²) in [6, 6.07) is 76.8. The van der Waals surface area contributed by atoms with Crippen LogP contribution in [0.5, 0.6) is 0 Å². The van der Waals surface area contributed by atoms with E-state index in [-0.39, 0.29) is 0 Å². The van der Waals surface area contributed by atoms with Gasteiger partial charge >= 0.3 is 0 Å². The fourth-order valence-corrected chi connectivity index (χ4v) is 12.2. The molecule has 2 aromatic heterocycles. The van der Waals surface area contributed by atoms with Gasteiger partial charge in [-0.25, -0.2) is 19.9 Å². The highest BCUT2D eigenvalue weighted by Gasteiger charge is 2.55. The van der Waals surface area contributed by atoms with Crippen LogP contribution in [0.1, 0.15) is 44.8 Å². The Hall–Kier alpha value is -8.54. The molecule has 0 fully saturated rings. The SMILES string of the molecule is c1ccc(-c2nc(-c3ccc4c(c3)C3(c5ccccc5-c5ccccc53)c3ccccc3-4)nc(-c3cccc4c3-c3ccccc3C43c4ccccc4-n4c3nc3ccccc34)n2)cc1. The van der Waals surface area contributed by atoms with Gasteiger partial charge in [0.1, 0.15) is 11.2 Å². The van der Waals surface area contributed by atoms with Crippen molar-refractivity contribution in [3.8, 4) is 73.2 Å². The maximum absolute atomic E-state index is 5.52. The van der Waals surface area contributed by atoms with Crippen LogP contribution in [0.3, 0.4) is 0 Å². The molecule has 4 aliphatic rings. The van der Waals surface area contributed by atoms with E-state index in [2.05, 4.69) is 199 Å². The van der Waals surface area contributed by atoms with Crippen LogP contribution in [-0.2, 0) is 10.8 Å². The topological polar surface area (TPSA) is 56.5 Å². The van der Waals surface area contributed by atoms with Crippen molar-refractivity contribution in [1.29, 1.82) is 0 Å². The average molecular weight is 826 g/mol. The lowest BCUT2D eigenvalue weighted by Gasteiger charge is -2.30. The monoisotopic (exact) mass is 825 g/mol. The Morgan fingerprint density at radius 3 is 1.52 bits per heavy atom. The van der Waals surface area contributed by atoms with Gasteiger partial charge in [-0.2, -0.15) is 0 Å². The molecule has 1 unspecified atom stereocenters. The molecular weight excluding hydrogens is 791 g/mol. The number of rotatable bonds is 3. The molecule has 0 N–H and O–H groups in total. The van der Waals surface area contributed by atoms with Crippen molar-refractivity contribution in [2.75, 3.05) is 0 Å². The fourth-order valence-electron chi connectivity index (χ4n) is 12.2. The minimum Gasteiger partial charge on any atom is -0.295 e. The third-order valence-corrected chi connectivity index (χ3v) is 14.7. The van der Waals surface area contributed by atoms with Crippen LogP contribution >= 0.6 is 0 Å². The fraction of sp³-hybridized carbons (Fsp3) is 0.0333.